The summed E-state index contributed by atoms with van der Waals surface area (Å²) in [4.78, 5) is 23.4. The van der Waals surface area contributed by atoms with Crippen molar-refractivity contribution in [1.29, 1.82) is 0 Å². The number of nitrogens with one attached hydrogen (secondary N) is 2. The third-order valence-electron chi connectivity index (χ3n) is 4.63. The Hall–Kier alpha value is -3.73. The summed E-state index contributed by atoms with van der Waals surface area (Å²) < 4.78 is 59.8. The predicted octanol–water partition coefficient (Wildman–Crippen LogP) is 1.08. The first-order valence-electron chi connectivity index (χ1n) is 10.3. The van der Waals surface area contributed by atoms with E-state index in [0.717, 1.165) is 38.8 Å². The lowest BCUT2D eigenvalue weighted by molar-refractivity contribution is -0.603. The van der Waals surface area contributed by atoms with Crippen molar-refractivity contribution in [3.05, 3.63) is 48.3 Å². The van der Waals surface area contributed by atoms with Gasteiger partial charge in [-0.3, -0.25) is 8.37 Å². The molecule has 0 bridgehead atoms. The molecule has 0 saturated carbocycles. The van der Waals surface area contributed by atoms with Gasteiger partial charge in [0.2, 0.25) is 0 Å². The van der Waals surface area contributed by atoms with E-state index in [4.69, 9.17) is 0 Å². The average molecular weight is 540 g/mol. The highest BCUT2D eigenvalue weighted by Gasteiger charge is 2.25. The number of benzene rings is 1. The SMILES string of the molecule is CCCNc1nc(Nc2cc(S(=O)(=O)OC)ccc2S(=O)(=O)OC)nc(-[n+]2cccc(C(=O)O)c2)n1. The van der Waals surface area contributed by atoms with Gasteiger partial charge in [0.1, 0.15) is 4.90 Å². The maximum Gasteiger partial charge on any atom is 0.444 e. The van der Waals surface area contributed by atoms with E-state index < -0.39 is 26.2 Å². The van der Waals surface area contributed by atoms with Crippen molar-refractivity contribution in [1.82, 2.24) is 15.0 Å². The molecule has 3 N–H and O–H groups in total. The molecule has 2 heterocycles. The molecule has 0 aliphatic rings. The number of carbonyl (C=O) groups is 1. The largest absolute Gasteiger partial charge is 0.478 e. The number of rotatable bonds is 11. The van der Waals surface area contributed by atoms with Crippen LogP contribution in [0, 0.1) is 0 Å². The van der Waals surface area contributed by atoms with Gasteiger partial charge in [0.25, 0.3) is 20.2 Å². The monoisotopic (exact) mass is 539 g/mol. The lowest BCUT2D eigenvalue weighted by Gasteiger charge is -2.12. The number of carboxylic acids is 1. The fraction of sp³-hybridized carbons (Fsp3) is 0.250. The van der Waals surface area contributed by atoms with Gasteiger partial charge in [-0.1, -0.05) is 6.92 Å². The molecule has 0 radical (unpaired) electrons. The second kappa shape index (κ2) is 10.9. The topological polar surface area (TPSA) is 191 Å². The van der Waals surface area contributed by atoms with E-state index in [-0.39, 0.29) is 38.9 Å². The molecular formula is C20H23N6O8S2+. The number of carboxylic acid groups (broad SMARTS) is 1. The number of aromatic nitrogens is 4. The first kappa shape index (κ1) is 26.9. The Morgan fingerprint density at radius 1 is 1.03 bits per heavy atom. The molecule has 3 rings (SSSR count). The number of aromatic carboxylic acids is 1. The van der Waals surface area contributed by atoms with Crippen LogP contribution in [0.1, 0.15) is 23.7 Å². The Bertz CT molecular complexity index is 1500. The molecule has 0 aliphatic carbocycles. The smallest absolute Gasteiger partial charge is 0.444 e. The minimum Gasteiger partial charge on any atom is -0.478 e. The normalized spacial score (nSPS) is 11.8. The first-order valence-corrected chi connectivity index (χ1v) is 13.1. The van der Waals surface area contributed by atoms with Crippen molar-refractivity contribution in [3.63, 3.8) is 0 Å². The minimum atomic E-state index is -4.28. The van der Waals surface area contributed by atoms with Crippen molar-refractivity contribution in [2.75, 3.05) is 31.4 Å². The van der Waals surface area contributed by atoms with Crippen LogP contribution in [0.4, 0.5) is 17.6 Å². The van der Waals surface area contributed by atoms with Gasteiger partial charge in [0.05, 0.1) is 42.8 Å². The first-order chi connectivity index (χ1) is 17.0. The van der Waals surface area contributed by atoms with Crippen LogP contribution in [0.5, 0.6) is 0 Å². The Balaban J connectivity index is 2.18. The molecule has 1 aromatic carbocycles. The van der Waals surface area contributed by atoms with E-state index in [1.54, 1.807) is 0 Å². The van der Waals surface area contributed by atoms with Crippen LogP contribution in [0.2, 0.25) is 0 Å². The Morgan fingerprint density at radius 2 is 1.72 bits per heavy atom. The lowest BCUT2D eigenvalue weighted by atomic mass is 10.3. The highest BCUT2D eigenvalue weighted by atomic mass is 32.2. The van der Waals surface area contributed by atoms with Crippen LogP contribution in [0.15, 0.2) is 52.5 Å². The fourth-order valence-corrected chi connectivity index (χ4v) is 4.35. The molecule has 0 atom stereocenters. The average Bonchev–Trinajstić information content (AvgIpc) is 2.87. The van der Waals surface area contributed by atoms with Crippen LogP contribution in [-0.2, 0) is 28.6 Å². The number of anilines is 3. The molecule has 192 valence electrons. The van der Waals surface area contributed by atoms with E-state index >= 15 is 0 Å². The van der Waals surface area contributed by atoms with Gasteiger partial charge in [-0.15, -0.1) is 4.98 Å². The number of pyridine rings is 1. The van der Waals surface area contributed by atoms with E-state index in [9.17, 15) is 26.7 Å². The van der Waals surface area contributed by atoms with Gasteiger partial charge in [-0.05, 0) is 46.7 Å². The van der Waals surface area contributed by atoms with Gasteiger partial charge >= 0.3 is 23.8 Å². The summed E-state index contributed by atoms with van der Waals surface area (Å²) in [6.07, 6.45) is 3.54. The quantitative estimate of drug-likeness (QED) is 0.232. The zero-order valence-electron chi connectivity index (χ0n) is 19.4. The van der Waals surface area contributed by atoms with Crippen molar-refractivity contribution in [2.45, 2.75) is 23.1 Å². The molecule has 0 aliphatic heterocycles. The molecule has 0 saturated heterocycles. The Labute approximate surface area is 207 Å². The zero-order chi connectivity index (χ0) is 26.5. The predicted molar refractivity (Wildman–Crippen MR) is 125 cm³/mol. The van der Waals surface area contributed by atoms with Gasteiger partial charge in [-0.2, -0.15) is 16.8 Å². The van der Waals surface area contributed by atoms with Gasteiger partial charge in [0.15, 0.2) is 0 Å². The second-order valence-corrected chi connectivity index (χ2v) is 10.4. The summed E-state index contributed by atoms with van der Waals surface area (Å²) in [6, 6.07) is 6.00. The maximum absolute atomic E-state index is 12.5. The van der Waals surface area contributed by atoms with Gasteiger partial charge in [-0.25, -0.2) is 9.36 Å². The maximum atomic E-state index is 12.5. The second-order valence-electron chi connectivity index (χ2n) is 7.04. The van der Waals surface area contributed by atoms with Gasteiger partial charge in [0, 0.05) is 6.54 Å². The van der Waals surface area contributed by atoms with Crippen molar-refractivity contribution in [3.8, 4) is 5.95 Å². The van der Waals surface area contributed by atoms with Crippen molar-refractivity contribution < 1.29 is 39.7 Å². The van der Waals surface area contributed by atoms with E-state index in [1.807, 2.05) is 6.92 Å². The zero-order valence-corrected chi connectivity index (χ0v) is 21.0. The van der Waals surface area contributed by atoms with Crippen molar-refractivity contribution in [2.24, 2.45) is 0 Å². The molecule has 3 aromatic rings. The number of hydrogen-bond acceptors (Lipinski definition) is 12. The fourth-order valence-electron chi connectivity index (χ4n) is 2.86. The molecule has 16 heteroatoms. The summed E-state index contributed by atoms with van der Waals surface area (Å²) in [7, 11) is -6.52. The van der Waals surface area contributed by atoms with Crippen LogP contribution < -0.4 is 15.2 Å². The molecule has 2 aromatic heterocycles. The molecule has 0 amide bonds. The standard InChI is InChI=1S/C20H22N6O8S2/c1-4-9-21-18-23-19(25-20(24-18)26-10-5-6-13(12-26)17(27)28)22-15-11-14(35(29,30)33-2)7-8-16(15)36(31,32)34-3/h5-8,10-12H,4,9H2,1-3H3,(H2-,21,22,23,24,25,27,28)/p+1. The van der Waals surface area contributed by atoms with Gasteiger partial charge < -0.3 is 15.7 Å². The summed E-state index contributed by atoms with van der Waals surface area (Å²) in [5.74, 6) is -1.21. The van der Waals surface area contributed by atoms with E-state index in [1.165, 1.54) is 29.1 Å². The third-order valence-corrected chi connectivity index (χ3v) is 7.23. The van der Waals surface area contributed by atoms with E-state index in [0.29, 0.717) is 6.54 Å². The number of hydrogen-bond donors (Lipinski definition) is 3. The van der Waals surface area contributed by atoms with Crippen molar-refractivity contribution >= 4 is 43.8 Å². The Morgan fingerprint density at radius 3 is 2.36 bits per heavy atom. The summed E-state index contributed by atoms with van der Waals surface area (Å²) >= 11 is 0. The molecule has 0 fully saturated rings. The van der Waals surface area contributed by atoms with E-state index in [2.05, 4.69) is 34.0 Å². The van der Waals surface area contributed by atoms with Crippen LogP contribution in [-0.4, -0.2) is 63.6 Å². The molecule has 14 nitrogen and oxygen atoms in total. The molecule has 36 heavy (non-hydrogen) atoms. The highest BCUT2D eigenvalue weighted by molar-refractivity contribution is 7.87. The highest BCUT2D eigenvalue weighted by Crippen LogP contribution is 2.29. The molecular weight excluding hydrogens is 516 g/mol. The van der Waals surface area contributed by atoms with Crippen LogP contribution in [0.3, 0.4) is 0 Å². The third kappa shape index (κ3) is 6.09. The summed E-state index contributed by atoms with van der Waals surface area (Å²) in [6.45, 7) is 2.41. The number of nitrogens with zero attached hydrogens (tertiary/aromatic N) is 4. The lowest BCUT2D eigenvalue weighted by Crippen LogP contribution is -2.34. The van der Waals surface area contributed by atoms with Crippen LogP contribution >= 0.6 is 0 Å². The van der Waals surface area contributed by atoms with Crippen LogP contribution in [0.25, 0.3) is 5.95 Å². The minimum absolute atomic E-state index is 0.00557. The summed E-state index contributed by atoms with van der Waals surface area (Å²) in [5.41, 5.74) is -0.237. The molecule has 0 unspecified atom stereocenters. The Kier molecular flexibility index (Phi) is 8.13. The summed E-state index contributed by atoms with van der Waals surface area (Å²) in [5, 5.41) is 15.0. The molecule has 0 spiro atoms.